The molecule has 0 saturated carbocycles. The molecule has 0 bridgehead atoms. The number of likely N-dealkylation sites (N-methyl/N-ethyl adjacent to an activating group) is 1. The lowest BCUT2D eigenvalue weighted by atomic mass is 10.0. The van der Waals surface area contributed by atoms with Crippen LogP contribution in [0.5, 0.6) is 0 Å². The Morgan fingerprint density at radius 1 is 1.06 bits per heavy atom. The first-order valence-electron chi connectivity index (χ1n) is 9.46. The number of aliphatic imine (C=N–C) groups is 1. The van der Waals surface area contributed by atoms with Crippen molar-refractivity contribution >= 4 is 56.6 Å². The molecule has 1 heterocycles. The van der Waals surface area contributed by atoms with Crippen LogP contribution in [-0.4, -0.2) is 30.9 Å². The summed E-state index contributed by atoms with van der Waals surface area (Å²) in [5.74, 6) is -0.362. The molecule has 3 aromatic carbocycles. The van der Waals surface area contributed by atoms with Gasteiger partial charge < -0.3 is 15.5 Å². The molecule has 3 amide bonds. The average molecular weight is 498 g/mol. The highest BCUT2D eigenvalue weighted by Crippen LogP contribution is 2.30. The highest BCUT2D eigenvalue weighted by atomic mass is 79.9. The van der Waals surface area contributed by atoms with Gasteiger partial charge in [-0.25, -0.2) is 9.79 Å². The molecule has 0 aromatic heterocycles. The molecule has 156 valence electrons. The van der Waals surface area contributed by atoms with E-state index in [-0.39, 0.29) is 5.91 Å². The minimum Gasteiger partial charge on any atom is -0.311 e. The molecule has 2 N–H and O–H groups in total. The molecule has 6 nitrogen and oxygen atoms in total. The van der Waals surface area contributed by atoms with Gasteiger partial charge in [0, 0.05) is 33.4 Å². The number of benzene rings is 3. The largest absolute Gasteiger partial charge is 0.321 e. The van der Waals surface area contributed by atoms with E-state index < -0.39 is 12.2 Å². The highest BCUT2D eigenvalue weighted by molar-refractivity contribution is 9.10. The standard InChI is InChI=1S/C23H18BrClN4O2/c1-29-19-11-10-16(25)13-18(19)20(14-6-3-2-4-7-14)27-21(22(29)30)28-23(31)26-17-9-5-8-15(24)12-17/h2-13,21H,1H3,(H2,26,28,31). The van der Waals surface area contributed by atoms with E-state index in [0.717, 1.165) is 10.0 Å². The number of carbonyl (C=O) groups excluding carboxylic acids is 2. The Balaban J connectivity index is 1.71. The molecule has 3 aromatic rings. The number of hydrogen-bond donors (Lipinski definition) is 2. The van der Waals surface area contributed by atoms with Gasteiger partial charge in [0.25, 0.3) is 5.91 Å². The highest BCUT2D eigenvalue weighted by Gasteiger charge is 2.31. The molecule has 0 radical (unpaired) electrons. The van der Waals surface area contributed by atoms with E-state index >= 15 is 0 Å². The van der Waals surface area contributed by atoms with Crippen LogP contribution < -0.4 is 15.5 Å². The van der Waals surface area contributed by atoms with Gasteiger partial charge >= 0.3 is 6.03 Å². The third kappa shape index (κ3) is 4.62. The summed E-state index contributed by atoms with van der Waals surface area (Å²) in [5.41, 5.74) is 3.35. The van der Waals surface area contributed by atoms with Crippen molar-refractivity contribution in [2.75, 3.05) is 17.3 Å². The zero-order chi connectivity index (χ0) is 22.0. The third-order valence-electron chi connectivity index (χ3n) is 4.80. The van der Waals surface area contributed by atoms with E-state index in [1.165, 1.54) is 4.90 Å². The summed E-state index contributed by atoms with van der Waals surface area (Å²) in [6.45, 7) is 0. The van der Waals surface area contributed by atoms with Gasteiger partial charge in [0.05, 0.1) is 11.4 Å². The Morgan fingerprint density at radius 3 is 2.58 bits per heavy atom. The van der Waals surface area contributed by atoms with Crippen LogP contribution in [0.2, 0.25) is 5.02 Å². The van der Waals surface area contributed by atoms with Crippen LogP contribution in [-0.2, 0) is 4.79 Å². The van der Waals surface area contributed by atoms with Gasteiger partial charge in [-0.3, -0.25) is 4.79 Å². The SMILES string of the molecule is CN1C(=O)C(NC(=O)Nc2cccc(Br)c2)N=C(c2ccccc2)c2cc(Cl)ccc21. The summed E-state index contributed by atoms with van der Waals surface area (Å²) < 4.78 is 0.826. The first kappa shape index (κ1) is 21.1. The number of halogens is 2. The van der Waals surface area contributed by atoms with E-state index in [0.29, 0.717) is 27.7 Å². The van der Waals surface area contributed by atoms with Crippen molar-refractivity contribution in [2.45, 2.75) is 6.17 Å². The van der Waals surface area contributed by atoms with Crippen molar-refractivity contribution in [3.05, 3.63) is 93.4 Å². The molecule has 0 fully saturated rings. The Bertz CT molecular complexity index is 1180. The molecule has 4 rings (SSSR count). The van der Waals surface area contributed by atoms with Crippen molar-refractivity contribution < 1.29 is 9.59 Å². The molecule has 31 heavy (non-hydrogen) atoms. The maximum Gasteiger partial charge on any atom is 0.321 e. The van der Waals surface area contributed by atoms with Gasteiger partial charge in [-0.05, 0) is 36.4 Å². The second-order valence-electron chi connectivity index (χ2n) is 6.91. The second-order valence-corrected chi connectivity index (χ2v) is 8.27. The van der Waals surface area contributed by atoms with Gasteiger partial charge in [-0.15, -0.1) is 0 Å². The number of amides is 3. The number of benzodiazepines with no additional fused rings is 1. The average Bonchev–Trinajstić information content (AvgIpc) is 2.85. The minimum absolute atomic E-state index is 0.362. The van der Waals surface area contributed by atoms with Crippen LogP contribution >= 0.6 is 27.5 Å². The van der Waals surface area contributed by atoms with Gasteiger partial charge in [0.1, 0.15) is 0 Å². The molecule has 1 atom stereocenters. The topological polar surface area (TPSA) is 73.8 Å². The lowest BCUT2D eigenvalue weighted by Gasteiger charge is -2.21. The number of carbonyl (C=O) groups is 2. The van der Waals surface area contributed by atoms with Gasteiger partial charge in [-0.1, -0.05) is 63.9 Å². The first-order chi connectivity index (χ1) is 14.9. The summed E-state index contributed by atoms with van der Waals surface area (Å²) in [6, 6.07) is 21.4. The fraction of sp³-hybridized carbons (Fsp3) is 0.0870. The van der Waals surface area contributed by atoms with E-state index in [4.69, 9.17) is 11.6 Å². The first-order valence-corrected chi connectivity index (χ1v) is 10.6. The lowest BCUT2D eigenvalue weighted by molar-refractivity contribution is -0.119. The molecular weight excluding hydrogens is 480 g/mol. The van der Waals surface area contributed by atoms with Crippen molar-refractivity contribution in [3.8, 4) is 0 Å². The number of urea groups is 1. The maximum atomic E-state index is 13.1. The summed E-state index contributed by atoms with van der Waals surface area (Å²) in [6.07, 6.45) is -1.11. The molecule has 0 aliphatic carbocycles. The predicted octanol–water partition coefficient (Wildman–Crippen LogP) is 5.06. The van der Waals surface area contributed by atoms with Gasteiger partial charge in [0.15, 0.2) is 0 Å². The molecule has 1 aliphatic heterocycles. The fourth-order valence-corrected chi connectivity index (χ4v) is 3.90. The number of nitrogens with one attached hydrogen (secondary N) is 2. The van der Waals surface area contributed by atoms with Crippen LogP contribution in [0.3, 0.4) is 0 Å². The number of nitrogens with zero attached hydrogens (tertiary/aromatic N) is 2. The van der Waals surface area contributed by atoms with E-state index in [9.17, 15) is 9.59 Å². The summed E-state index contributed by atoms with van der Waals surface area (Å²) in [7, 11) is 1.65. The Labute approximate surface area is 193 Å². The van der Waals surface area contributed by atoms with Crippen molar-refractivity contribution in [1.29, 1.82) is 0 Å². The number of rotatable bonds is 3. The number of anilines is 2. The normalized spacial score (nSPS) is 15.6. The second kappa shape index (κ2) is 8.91. The van der Waals surface area contributed by atoms with E-state index in [1.54, 1.807) is 43.4 Å². The van der Waals surface area contributed by atoms with Crippen LogP contribution in [0, 0.1) is 0 Å². The predicted molar refractivity (Wildman–Crippen MR) is 127 cm³/mol. The summed E-state index contributed by atoms with van der Waals surface area (Å²) in [5, 5.41) is 5.94. The van der Waals surface area contributed by atoms with Crippen LogP contribution in [0.15, 0.2) is 82.3 Å². The fourth-order valence-electron chi connectivity index (χ4n) is 3.32. The number of fused-ring (bicyclic) bond motifs is 1. The van der Waals surface area contributed by atoms with Crippen molar-refractivity contribution in [1.82, 2.24) is 5.32 Å². The molecule has 0 spiro atoms. The van der Waals surface area contributed by atoms with Gasteiger partial charge in [0.2, 0.25) is 6.17 Å². The van der Waals surface area contributed by atoms with Crippen molar-refractivity contribution in [2.24, 2.45) is 4.99 Å². The Kier molecular flexibility index (Phi) is 6.06. The number of hydrogen-bond acceptors (Lipinski definition) is 3. The summed E-state index contributed by atoms with van der Waals surface area (Å²) in [4.78, 5) is 31.9. The van der Waals surface area contributed by atoms with Crippen LogP contribution in [0.1, 0.15) is 11.1 Å². The molecule has 1 aliphatic rings. The molecule has 0 saturated heterocycles. The van der Waals surface area contributed by atoms with Crippen molar-refractivity contribution in [3.63, 3.8) is 0 Å². The third-order valence-corrected chi connectivity index (χ3v) is 5.52. The van der Waals surface area contributed by atoms with Crippen LogP contribution in [0.25, 0.3) is 0 Å². The van der Waals surface area contributed by atoms with E-state index in [2.05, 4.69) is 31.6 Å². The lowest BCUT2D eigenvalue weighted by Crippen LogP contribution is -2.47. The molecular formula is C23H18BrClN4O2. The summed E-state index contributed by atoms with van der Waals surface area (Å²) >= 11 is 9.62. The quantitative estimate of drug-likeness (QED) is 0.530. The zero-order valence-electron chi connectivity index (χ0n) is 16.5. The van der Waals surface area contributed by atoms with Gasteiger partial charge in [-0.2, -0.15) is 0 Å². The smallest absolute Gasteiger partial charge is 0.311 e. The Hall–Kier alpha value is -3.16. The molecule has 8 heteroatoms. The maximum absolute atomic E-state index is 13.1. The zero-order valence-corrected chi connectivity index (χ0v) is 18.8. The molecule has 1 unspecified atom stereocenters. The minimum atomic E-state index is -1.11. The van der Waals surface area contributed by atoms with Crippen LogP contribution in [0.4, 0.5) is 16.2 Å². The Morgan fingerprint density at radius 2 is 1.84 bits per heavy atom. The van der Waals surface area contributed by atoms with E-state index in [1.807, 2.05) is 36.4 Å². The monoisotopic (exact) mass is 496 g/mol.